The molecule has 0 aliphatic carbocycles. The minimum Gasteiger partial charge on any atom is -0.394 e. The summed E-state index contributed by atoms with van der Waals surface area (Å²) in [4.78, 5) is 12.5. The molecule has 4 nitrogen and oxygen atoms in total. The summed E-state index contributed by atoms with van der Waals surface area (Å²) in [6.07, 6.45) is 97.7. The average Bonchev–Trinajstić information content (AvgIpc) is 3.40. The normalized spacial score (nSPS) is 13.8. The van der Waals surface area contributed by atoms with Crippen LogP contribution in [-0.4, -0.2) is 34.9 Å². The van der Waals surface area contributed by atoms with Crippen molar-refractivity contribution in [2.45, 2.75) is 289 Å². The lowest BCUT2D eigenvalue weighted by Gasteiger charge is -2.19. The van der Waals surface area contributed by atoms with Crippen molar-refractivity contribution in [1.29, 1.82) is 0 Å². The van der Waals surface area contributed by atoms with Gasteiger partial charge in [-0.1, -0.05) is 295 Å². The molecule has 0 fully saturated rings. The lowest BCUT2D eigenvalue weighted by Crippen LogP contribution is -2.45. The van der Waals surface area contributed by atoms with E-state index in [9.17, 15) is 15.0 Å². The highest BCUT2D eigenvalue weighted by Gasteiger charge is 2.18. The van der Waals surface area contributed by atoms with Gasteiger partial charge < -0.3 is 15.5 Å². The summed E-state index contributed by atoms with van der Waals surface area (Å²) >= 11 is 0. The molecule has 0 saturated carbocycles. The first-order chi connectivity index (χ1) is 36.2. The topological polar surface area (TPSA) is 69.6 Å². The van der Waals surface area contributed by atoms with E-state index in [0.717, 1.165) is 89.9 Å². The minimum atomic E-state index is -0.877. The Morgan fingerprint density at radius 3 is 0.959 bits per heavy atom. The summed E-state index contributed by atoms with van der Waals surface area (Å²) < 4.78 is 0. The number of unbranched alkanes of at least 4 members (excludes halogenated alkanes) is 28. The molecule has 73 heavy (non-hydrogen) atoms. The fraction of sp³-hybridized carbons (Fsp3) is 0.667. The quantitative estimate of drug-likeness (QED) is 0.0420. The van der Waals surface area contributed by atoms with Crippen LogP contribution in [0.4, 0.5) is 0 Å². The van der Waals surface area contributed by atoms with E-state index in [-0.39, 0.29) is 12.5 Å². The number of rotatable bonds is 55. The van der Waals surface area contributed by atoms with Gasteiger partial charge >= 0.3 is 0 Å². The van der Waals surface area contributed by atoms with E-state index < -0.39 is 12.1 Å². The van der Waals surface area contributed by atoms with Crippen LogP contribution in [0.25, 0.3) is 0 Å². The molecule has 0 spiro atoms. The lowest BCUT2D eigenvalue weighted by molar-refractivity contribution is -0.123. The maximum Gasteiger partial charge on any atom is 0.220 e. The Morgan fingerprint density at radius 1 is 0.342 bits per heavy atom. The number of nitrogens with one attached hydrogen (secondary N) is 1. The van der Waals surface area contributed by atoms with Crippen molar-refractivity contribution in [3.8, 4) is 0 Å². The number of aliphatic hydroxyl groups excluding tert-OH is 2. The van der Waals surface area contributed by atoms with Gasteiger partial charge in [-0.2, -0.15) is 0 Å². The van der Waals surface area contributed by atoms with Crippen molar-refractivity contribution in [2.75, 3.05) is 6.61 Å². The molecule has 2 atom stereocenters. The SMILES string of the molecule is CC/C=C\C/C=C\C/C=C\C/C=C\C/C=C\C/C=C\C/C=C\C/C=C\CCCCCCCCCCCCCCCCCCC(=O)NC(CO)C(O)/C=C/CC/C=C/CC/C=C/CCCCCCCCCCCC. The summed E-state index contributed by atoms with van der Waals surface area (Å²) in [5.74, 6) is -0.0804. The molecule has 0 aromatic heterocycles. The predicted octanol–water partition coefficient (Wildman–Crippen LogP) is 21.0. The van der Waals surface area contributed by atoms with Crippen molar-refractivity contribution in [3.63, 3.8) is 0 Å². The zero-order valence-corrected chi connectivity index (χ0v) is 47.9. The highest BCUT2D eigenvalue weighted by molar-refractivity contribution is 5.76. The molecule has 0 saturated heterocycles. The highest BCUT2D eigenvalue weighted by Crippen LogP contribution is 2.16. The molecule has 1 amide bonds. The Labute approximate surface area is 453 Å². The van der Waals surface area contributed by atoms with Crippen LogP contribution in [0.5, 0.6) is 0 Å². The Balaban J connectivity index is 3.56. The van der Waals surface area contributed by atoms with E-state index in [1.807, 2.05) is 6.08 Å². The Kier molecular flexibility index (Phi) is 59.8. The van der Waals surface area contributed by atoms with Crippen LogP contribution in [0.2, 0.25) is 0 Å². The van der Waals surface area contributed by atoms with Crippen molar-refractivity contribution >= 4 is 5.91 Å². The molecule has 0 bridgehead atoms. The number of aliphatic hydroxyl groups is 2. The Bertz CT molecular complexity index is 1470. The first-order valence-electron chi connectivity index (χ1n) is 30.9. The summed E-state index contributed by atoms with van der Waals surface area (Å²) in [7, 11) is 0. The third-order valence-electron chi connectivity index (χ3n) is 13.3. The third-order valence-corrected chi connectivity index (χ3v) is 13.3. The highest BCUT2D eigenvalue weighted by atomic mass is 16.3. The van der Waals surface area contributed by atoms with Crippen LogP contribution in [0.3, 0.4) is 0 Å². The van der Waals surface area contributed by atoms with Gasteiger partial charge in [0.05, 0.1) is 18.8 Å². The van der Waals surface area contributed by atoms with Crippen LogP contribution in [0, 0.1) is 0 Å². The molecule has 0 rings (SSSR count). The van der Waals surface area contributed by atoms with E-state index in [2.05, 4.69) is 141 Å². The van der Waals surface area contributed by atoms with Crippen molar-refractivity contribution in [3.05, 3.63) is 134 Å². The first-order valence-corrected chi connectivity index (χ1v) is 30.9. The van der Waals surface area contributed by atoms with Gasteiger partial charge in [-0.15, -0.1) is 0 Å². The van der Waals surface area contributed by atoms with Gasteiger partial charge in [0.1, 0.15) is 0 Å². The van der Waals surface area contributed by atoms with E-state index in [4.69, 9.17) is 0 Å². The van der Waals surface area contributed by atoms with Gasteiger partial charge in [-0.05, 0) is 109 Å². The molecule has 0 aliphatic rings. The molecule has 0 heterocycles. The second-order valence-electron chi connectivity index (χ2n) is 20.4. The summed E-state index contributed by atoms with van der Waals surface area (Å²) in [5.41, 5.74) is 0. The minimum absolute atomic E-state index is 0.0804. The van der Waals surface area contributed by atoms with Crippen LogP contribution in [-0.2, 0) is 4.79 Å². The number of hydrogen-bond donors (Lipinski definition) is 3. The largest absolute Gasteiger partial charge is 0.394 e. The molecule has 0 radical (unpaired) electrons. The molecular weight excluding hydrogens is 891 g/mol. The number of carbonyl (C=O) groups excluding carboxylic acids is 1. The Hall–Kier alpha value is -3.47. The van der Waals surface area contributed by atoms with Gasteiger partial charge in [0.2, 0.25) is 5.91 Å². The second kappa shape index (κ2) is 62.8. The standard InChI is InChI=1S/C69H117NO3/c1-3-5-7-9-11-13-15-17-19-21-23-25-26-27-28-29-30-31-32-33-34-35-36-37-38-39-40-41-42-43-44-45-47-49-51-53-55-57-59-61-63-65-69(73)70-67(66-71)68(72)64-62-60-58-56-54-52-50-48-46-24-22-20-18-16-14-12-10-8-6-4-2/h5,7,11,13,17,19,23,25,27-28,30-31,33-34,36-37,46,48,54,56,62,64,67-68,71-72H,3-4,6,8-10,12,14-16,18,20-22,24,26,29,32,35,38-45,47,49-53,55,57-61,63,65-66H2,1-2H3,(H,70,73)/b7-5-,13-11-,19-17-,25-23-,28-27-,31-30-,34-33-,37-36-,48-46+,56-54+,64-62+. The number of carbonyl (C=O) groups is 1. The van der Waals surface area contributed by atoms with Crippen molar-refractivity contribution < 1.29 is 15.0 Å². The third kappa shape index (κ3) is 59.3. The zero-order chi connectivity index (χ0) is 52.7. The van der Waals surface area contributed by atoms with Crippen molar-refractivity contribution in [1.82, 2.24) is 5.32 Å². The van der Waals surface area contributed by atoms with E-state index in [1.54, 1.807) is 6.08 Å². The summed E-state index contributed by atoms with van der Waals surface area (Å²) in [6, 6.07) is -0.653. The van der Waals surface area contributed by atoms with Crippen LogP contribution in [0.15, 0.2) is 134 Å². The molecule has 3 N–H and O–H groups in total. The average molecular weight is 1010 g/mol. The molecule has 416 valence electrons. The lowest BCUT2D eigenvalue weighted by atomic mass is 10.0. The smallest absolute Gasteiger partial charge is 0.220 e. The predicted molar refractivity (Wildman–Crippen MR) is 326 cm³/mol. The summed E-state index contributed by atoms with van der Waals surface area (Å²) in [5, 5.41) is 23.2. The van der Waals surface area contributed by atoms with Crippen LogP contribution < -0.4 is 5.32 Å². The van der Waals surface area contributed by atoms with Crippen LogP contribution in [0.1, 0.15) is 277 Å². The second-order valence-corrected chi connectivity index (χ2v) is 20.4. The van der Waals surface area contributed by atoms with Gasteiger partial charge in [-0.3, -0.25) is 4.79 Å². The molecular formula is C69H117NO3. The van der Waals surface area contributed by atoms with Gasteiger partial charge in [0.25, 0.3) is 0 Å². The maximum absolute atomic E-state index is 12.5. The Morgan fingerprint density at radius 2 is 0.616 bits per heavy atom. The zero-order valence-electron chi connectivity index (χ0n) is 47.9. The van der Waals surface area contributed by atoms with Gasteiger partial charge in [-0.25, -0.2) is 0 Å². The van der Waals surface area contributed by atoms with Crippen LogP contribution >= 0.6 is 0 Å². The monoisotopic (exact) mass is 1010 g/mol. The molecule has 4 heteroatoms. The summed E-state index contributed by atoms with van der Waals surface area (Å²) in [6.45, 7) is 4.18. The molecule has 0 aromatic carbocycles. The molecule has 2 unspecified atom stereocenters. The number of amides is 1. The van der Waals surface area contributed by atoms with Gasteiger partial charge in [0, 0.05) is 6.42 Å². The molecule has 0 aliphatic heterocycles. The maximum atomic E-state index is 12.5. The molecule has 0 aromatic rings. The van der Waals surface area contributed by atoms with E-state index in [1.165, 1.54) is 167 Å². The fourth-order valence-corrected chi connectivity index (χ4v) is 8.70. The number of hydrogen-bond acceptors (Lipinski definition) is 3. The van der Waals surface area contributed by atoms with E-state index >= 15 is 0 Å². The van der Waals surface area contributed by atoms with E-state index in [0.29, 0.717) is 6.42 Å². The fourth-order valence-electron chi connectivity index (χ4n) is 8.70. The first kappa shape index (κ1) is 69.5. The number of allylic oxidation sites excluding steroid dienone is 21. The van der Waals surface area contributed by atoms with Gasteiger partial charge in [0.15, 0.2) is 0 Å². The van der Waals surface area contributed by atoms with Crippen molar-refractivity contribution in [2.24, 2.45) is 0 Å².